The van der Waals surface area contributed by atoms with E-state index in [0.717, 1.165) is 0 Å². The van der Waals surface area contributed by atoms with Crippen LogP contribution in [0.15, 0.2) is 36.4 Å². The molecule has 0 radical (unpaired) electrons. The van der Waals surface area contributed by atoms with Crippen LogP contribution in [-0.4, -0.2) is 17.4 Å². The van der Waals surface area contributed by atoms with E-state index in [2.05, 4.69) is 10.6 Å². The number of anilines is 2. The zero-order valence-corrected chi connectivity index (χ0v) is 14.5. The van der Waals surface area contributed by atoms with Crippen molar-refractivity contribution in [2.24, 2.45) is 0 Å². The fourth-order valence-electron chi connectivity index (χ4n) is 2.23. The summed E-state index contributed by atoms with van der Waals surface area (Å²) in [7, 11) is 0. The van der Waals surface area contributed by atoms with Crippen LogP contribution in [-0.2, 0) is 4.79 Å². The summed E-state index contributed by atoms with van der Waals surface area (Å²) in [5, 5.41) is 6.19. The van der Waals surface area contributed by atoms with Gasteiger partial charge < -0.3 is 15.4 Å². The van der Waals surface area contributed by atoms with E-state index in [9.17, 15) is 9.59 Å². The molecule has 0 saturated heterocycles. The van der Waals surface area contributed by atoms with Crippen LogP contribution in [0.2, 0.25) is 10.0 Å². The fraction of sp³-hybridized carbons (Fsp3) is 0.176. The quantitative estimate of drug-likeness (QED) is 0.831. The Kier molecular flexibility index (Phi) is 4.15. The van der Waals surface area contributed by atoms with Gasteiger partial charge in [0.05, 0.1) is 15.7 Å². The Hall–Kier alpha value is -2.24. The van der Waals surface area contributed by atoms with E-state index >= 15 is 0 Å². The van der Waals surface area contributed by atoms with Crippen molar-refractivity contribution in [1.29, 1.82) is 0 Å². The molecule has 0 spiro atoms. The molecule has 0 fully saturated rings. The van der Waals surface area contributed by atoms with Crippen molar-refractivity contribution < 1.29 is 14.3 Å². The largest absolute Gasteiger partial charge is 0.476 e. The molecule has 0 aliphatic carbocycles. The molecular formula is C17H14Cl2N2O3. The highest BCUT2D eigenvalue weighted by Crippen LogP contribution is 2.35. The Morgan fingerprint density at radius 2 is 1.88 bits per heavy atom. The van der Waals surface area contributed by atoms with Gasteiger partial charge in [0.25, 0.3) is 11.8 Å². The highest BCUT2D eigenvalue weighted by molar-refractivity contribution is 6.42. The number of benzene rings is 2. The van der Waals surface area contributed by atoms with Gasteiger partial charge in [-0.3, -0.25) is 9.59 Å². The molecule has 0 unspecified atom stereocenters. The number of rotatable bonds is 2. The van der Waals surface area contributed by atoms with Crippen LogP contribution in [0.5, 0.6) is 5.75 Å². The first-order valence-corrected chi connectivity index (χ1v) is 7.93. The minimum Gasteiger partial charge on any atom is -0.476 e. The first kappa shape index (κ1) is 16.6. The molecule has 2 aromatic carbocycles. The maximum Gasteiger partial charge on any atom is 0.268 e. The lowest BCUT2D eigenvalue weighted by molar-refractivity contribution is -0.129. The van der Waals surface area contributed by atoms with E-state index in [1.165, 1.54) is 6.07 Å². The lowest BCUT2D eigenvalue weighted by atomic mass is 10.1. The Morgan fingerprint density at radius 1 is 1.12 bits per heavy atom. The predicted molar refractivity (Wildman–Crippen MR) is 94.2 cm³/mol. The molecule has 1 aliphatic rings. The molecule has 0 bridgehead atoms. The second-order valence-corrected chi connectivity index (χ2v) is 6.67. The molecule has 0 saturated carbocycles. The van der Waals surface area contributed by atoms with Crippen molar-refractivity contribution in [2.75, 3.05) is 10.6 Å². The summed E-state index contributed by atoms with van der Waals surface area (Å²) in [5.74, 6) is -0.0352. The van der Waals surface area contributed by atoms with Gasteiger partial charge in [-0.1, -0.05) is 23.2 Å². The van der Waals surface area contributed by atoms with Gasteiger partial charge in [-0.15, -0.1) is 0 Å². The fourth-order valence-corrected chi connectivity index (χ4v) is 2.53. The summed E-state index contributed by atoms with van der Waals surface area (Å²) in [6.07, 6.45) is 0. The topological polar surface area (TPSA) is 67.4 Å². The van der Waals surface area contributed by atoms with Crippen molar-refractivity contribution in [3.8, 4) is 5.75 Å². The minimum absolute atomic E-state index is 0.247. The smallest absolute Gasteiger partial charge is 0.268 e. The third-order valence-corrected chi connectivity index (χ3v) is 4.32. The van der Waals surface area contributed by atoms with Gasteiger partial charge in [-0.25, -0.2) is 0 Å². The third kappa shape index (κ3) is 3.18. The van der Waals surface area contributed by atoms with Crippen LogP contribution in [0.1, 0.15) is 24.2 Å². The monoisotopic (exact) mass is 364 g/mol. The zero-order valence-electron chi connectivity index (χ0n) is 12.9. The molecule has 124 valence electrons. The number of hydrogen-bond donors (Lipinski definition) is 2. The van der Waals surface area contributed by atoms with E-state index in [0.29, 0.717) is 32.7 Å². The Bertz CT molecular complexity index is 850. The Labute approximate surface area is 148 Å². The summed E-state index contributed by atoms with van der Waals surface area (Å²) in [6, 6.07) is 9.66. The highest BCUT2D eigenvalue weighted by atomic mass is 35.5. The lowest BCUT2D eigenvalue weighted by Gasteiger charge is -2.31. The predicted octanol–water partition coefficient (Wildman–Crippen LogP) is 4.36. The van der Waals surface area contributed by atoms with Gasteiger partial charge in [0.15, 0.2) is 5.60 Å². The number of carbonyl (C=O) groups is 2. The van der Waals surface area contributed by atoms with Crippen molar-refractivity contribution in [1.82, 2.24) is 0 Å². The van der Waals surface area contributed by atoms with Gasteiger partial charge in [0, 0.05) is 11.3 Å². The molecule has 7 heteroatoms. The van der Waals surface area contributed by atoms with Crippen LogP contribution in [0.25, 0.3) is 0 Å². The van der Waals surface area contributed by atoms with E-state index in [1.807, 2.05) is 0 Å². The maximum absolute atomic E-state index is 12.3. The maximum atomic E-state index is 12.3. The summed E-state index contributed by atoms with van der Waals surface area (Å²) in [5.41, 5.74) is 0.473. The van der Waals surface area contributed by atoms with Crippen LogP contribution in [0, 0.1) is 0 Å². The molecule has 2 amide bonds. The van der Waals surface area contributed by atoms with Crippen LogP contribution in [0.4, 0.5) is 11.4 Å². The van der Waals surface area contributed by atoms with Gasteiger partial charge in [0.1, 0.15) is 5.75 Å². The molecule has 2 aromatic rings. The molecule has 1 heterocycles. The van der Waals surface area contributed by atoms with Gasteiger partial charge >= 0.3 is 0 Å². The zero-order chi connectivity index (χ0) is 17.5. The molecule has 2 N–H and O–H groups in total. The molecule has 3 rings (SSSR count). The average molecular weight is 365 g/mol. The van der Waals surface area contributed by atoms with E-state index in [4.69, 9.17) is 27.9 Å². The molecule has 24 heavy (non-hydrogen) atoms. The number of fused-ring (bicyclic) bond motifs is 1. The van der Waals surface area contributed by atoms with Gasteiger partial charge in [0.2, 0.25) is 0 Å². The van der Waals surface area contributed by atoms with Crippen LogP contribution < -0.4 is 15.4 Å². The van der Waals surface area contributed by atoms with E-state index in [-0.39, 0.29) is 11.8 Å². The standard InChI is InChI=1S/C17H14Cl2N2O3/c1-17(2)16(23)21-13-8-10(4-6-14(13)24-17)20-15(22)9-3-5-11(18)12(19)7-9/h3-8H,1-2H3,(H,20,22)(H,21,23). The molecule has 0 atom stereocenters. The Morgan fingerprint density at radius 3 is 2.58 bits per heavy atom. The number of carbonyl (C=O) groups excluding carboxylic acids is 2. The van der Waals surface area contributed by atoms with Gasteiger partial charge in [-0.2, -0.15) is 0 Å². The first-order valence-electron chi connectivity index (χ1n) is 7.17. The lowest BCUT2D eigenvalue weighted by Crippen LogP contribution is -2.45. The SMILES string of the molecule is CC1(C)Oc2ccc(NC(=O)c3ccc(Cl)c(Cl)c3)cc2NC1=O. The number of amides is 2. The number of hydrogen-bond acceptors (Lipinski definition) is 3. The first-order chi connectivity index (χ1) is 11.3. The second-order valence-electron chi connectivity index (χ2n) is 5.86. The minimum atomic E-state index is -0.933. The average Bonchev–Trinajstić information content (AvgIpc) is 2.51. The number of ether oxygens (including phenoxy) is 1. The van der Waals surface area contributed by atoms with E-state index < -0.39 is 5.60 Å². The van der Waals surface area contributed by atoms with Crippen molar-refractivity contribution >= 4 is 46.4 Å². The third-order valence-electron chi connectivity index (χ3n) is 3.58. The van der Waals surface area contributed by atoms with Crippen molar-refractivity contribution in [3.63, 3.8) is 0 Å². The molecule has 1 aliphatic heterocycles. The second kappa shape index (κ2) is 6.00. The Balaban J connectivity index is 1.82. The summed E-state index contributed by atoms with van der Waals surface area (Å²) >= 11 is 11.8. The summed E-state index contributed by atoms with van der Waals surface area (Å²) < 4.78 is 5.65. The molecular weight excluding hydrogens is 351 g/mol. The number of nitrogens with one attached hydrogen (secondary N) is 2. The normalized spacial score (nSPS) is 15.1. The molecule has 0 aromatic heterocycles. The van der Waals surface area contributed by atoms with Crippen LogP contribution in [0.3, 0.4) is 0 Å². The van der Waals surface area contributed by atoms with Gasteiger partial charge in [-0.05, 0) is 50.2 Å². The van der Waals surface area contributed by atoms with Crippen molar-refractivity contribution in [3.05, 3.63) is 52.0 Å². The van der Waals surface area contributed by atoms with E-state index in [1.54, 1.807) is 44.2 Å². The number of halogens is 2. The summed E-state index contributed by atoms with van der Waals surface area (Å²) in [6.45, 7) is 3.37. The van der Waals surface area contributed by atoms with Crippen molar-refractivity contribution in [2.45, 2.75) is 19.4 Å². The van der Waals surface area contributed by atoms with Crippen LogP contribution >= 0.6 is 23.2 Å². The molecule has 5 nitrogen and oxygen atoms in total. The summed E-state index contributed by atoms with van der Waals surface area (Å²) in [4.78, 5) is 24.2. The highest BCUT2D eigenvalue weighted by Gasteiger charge is 2.35.